The lowest BCUT2D eigenvalue weighted by Gasteiger charge is -2.52. The molecule has 8 nitrogen and oxygen atoms in total. The molecule has 2 N–H and O–H groups in total. The molecule has 39 heavy (non-hydrogen) atoms. The SMILES string of the molecule is C[C@H]1CN(C)CCN1C1CC2C(=O)N(C3CCCC(C4(CC5NNCN5C)COC4)C3)CC2C(C(F)(F)F)C1. The number of carbonyl (C=O) groups excluding carboxylic acids is 1. The van der Waals surface area contributed by atoms with E-state index in [0.717, 1.165) is 71.6 Å². The largest absolute Gasteiger partial charge is 0.392 e. The van der Waals surface area contributed by atoms with Gasteiger partial charge in [-0.2, -0.15) is 13.2 Å². The predicted molar refractivity (Wildman–Crippen MR) is 141 cm³/mol. The lowest BCUT2D eigenvalue weighted by atomic mass is 9.64. The van der Waals surface area contributed by atoms with E-state index < -0.39 is 23.9 Å². The van der Waals surface area contributed by atoms with Crippen molar-refractivity contribution < 1.29 is 22.7 Å². The summed E-state index contributed by atoms with van der Waals surface area (Å²) >= 11 is 0. The van der Waals surface area contributed by atoms with Crippen LogP contribution < -0.4 is 10.9 Å². The quantitative estimate of drug-likeness (QED) is 0.539. The van der Waals surface area contributed by atoms with Gasteiger partial charge in [-0.1, -0.05) is 6.42 Å². The normalized spacial score (nSPS) is 42.5. The number of halogens is 3. The van der Waals surface area contributed by atoms with Gasteiger partial charge in [0.25, 0.3) is 0 Å². The molecule has 2 saturated carbocycles. The van der Waals surface area contributed by atoms with E-state index in [2.05, 4.69) is 46.6 Å². The van der Waals surface area contributed by atoms with Gasteiger partial charge in [0, 0.05) is 55.6 Å². The molecule has 0 radical (unpaired) electrons. The topological polar surface area (TPSA) is 63.3 Å². The Morgan fingerprint density at radius 2 is 1.85 bits per heavy atom. The average molecular weight is 557 g/mol. The Kier molecular flexibility index (Phi) is 7.72. The van der Waals surface area contributed by atoms with Gasteiger partial charge in [-0.3, -0.25) is 14.6 Å². The van der Waals surface area contributed by atoms with Crippen molar-refractivity contribution in [1.29, 1.82) is 0 Å². The number of hydrazine groups is 1. The number of likely N-dealkylation sites (tertiary alicyclic amines) is 1. The van der Waals surface area contributed by atoms with E-state index in [0.29, 0.717) is 12.3 Å². The average Bonchev–Trinajstić information content (AvgIpc) is 3.42. The molecule has 6 rings (SSSR count). The smallest absolute Gasteiger partial charge is 0.380 e. The van der Waals surface area contributed by atoms with Crippen molar-refractivity contribution >= 4 is 5.91 Å². The first-order valence-electron chi connectivity index (χ1n) is 15.1. The van der Waals surface area contributed by atoms with E-state index >= 15 is 0 Å². The van der Waals surface area contributed by atoms with Gasteiger partial charge in [0.2, 0.25) is 5.91 Å². The molecule has 1 amide bonds. The van der Waals surface area contributed by atoms with Crippen molar-refractivity contribution in [2.45, 2.75) is 82.3 Å². The van der Waals surface area contributed by atoms with Gasteiger partial charge in [0.1, 0.15) is 0 Å². The van der Waals surface area contributed by atoms with E-state index in [4.69, 9.17) is 4.74 Å². The number of nitrogens with zero attached hydrogens (tertiary/aromatic N) is 4. The molecule has 6 fully saturated rings. The van der Waals surface area contributed by atoms with E-state index in [9.17, 15) is 18.0 Å². The highest BCUT2D eigenvalue weighted by Crippen LogP contribution is 2.52. The summed E-state index contributed by atoms with van der Waals surface area (Å²) in [6.45, 7) is 7.15. The number of amides is 1. The number of nitrogens with one attached hydrogen (secondary N) is 2. The van der Waals surface area contributed by atoms with Crippen molar-refractivity contribution in [1.82, 2.24) is 30.5 Å². The molecule has 4 saturated heterocycles. The van der Waals surface area contributed by atoms with Crippen LogP contribution in [-0.2, 0) is 9.53 Å². The minimum atomic E-state index is -4.27. The molecule has 0 bridgehead atoms. The predicted octanol–water partition coefficient (Wildman–Crippen LogP) is 2.33. The number of carbonyl (C=O) groups is 1. The summed E-state index contributed by atoms with van der Waals surface area (Å²) < 4.78 is 49.2. The second-order valence-electron chi connectivity index (χ2n) is 13.7. The fourth-order valence-corrected chi connectivity index (χ4v) is 9.04. The molecule has 8 atom stereocenters. The summed E-state index contributed by atoms with van der Waals surface area (Å²) in [4.78, 5) is 22.6. The van der Waals surface area contributed by atoms with Crippen molar-refractivity contribution in [2.24, 2.45) is 29.1 Å². The standard InChI is InChI=1S/C28H47F3N6O2/c1-18-13-34(2)7-8-36(18)21-10-22-23(24(11-21)28(29,30)31)14-37(26(22)38)20-6-4-5-19(9-20)27(15-39-16-27)12-25-33-32-17-35(25)3/h18-25,32-33H,4-17H2,1-3H3/t18-,19?,20?,21?,22?,23?,24?,25?/m0/s1. The summed E-state index contributed by atoms with van der Waals surface area (Å²) in [5.41, 5.74) is 6.66. The van der Waals surface area contributed by atoms with E-state index in [1.807, 2.05) is 4.90 Å². The number of piperazine rings is 1. The maximum atomic E-state index is 14.5. The van der Waals surface area contributed by atoms with E-state index in [1.54, 1.807) is 0 Å². The highest BCUT2D eigenvalue weighted by molar-refractivity contribution is 5.82. The molecular formula is C28H47F3N6O2. The second-order valence-corrected chi connectivity index (χ2v) is 13.7. The fraction of sp³-hybridized carbons (Fsp3) is 0.964. The van der Waals surface area contributed by atoms with Crippen LogP contribution in [-0.4, -0.2) is 116 Å². The number of hydrogen-bond donors (Lipinski definition) is 2. The Bertz CT molecular complexity index is 903. The number of likely N-dealkylation sites (N-methyl/N-ethyl adjacent to an activating group) is 1. The second kappa shape index (κ2) is 10.7. The van der Waals surface area contributed by atoms with Crippen LogP contribution in [0.4, 0.5) is 13.2 Å². The lowest BCUT2D eigenvalue weighted by molar-refractivity contribution is -0.206. The van der Waals surface area contributed by atoms with Crippen LogP contribution in [0, 0.1) is 29.1 Å². The Morgan fingerprint density at radius 3 is 2.49 bits per heavy atom. The first-order valence-corrected chi connectivity index (χ1v) is 15.1. The maximum Gasteiger partial charge on any atom is 0.392 e. The summed E-state index contributed by atoms with van der Waals surface area (Å²) in [5, 5.41) is 0. The highest BCUT2D eigenvalue weighted by Gasteiger charge is 2.59. The molecule has 4 heterocycles. The minimum Gasteiger partial charge on any atom is -0.380 e. The summed E-state index contributed by atoms with van der Waals surface area (Å²) in [6, 6.07) is 0.0708. The summed E-state index contributed by atoms with van der Waals surface area (Å²) in [7, 11) is 4.17. The van der Waals surface area contributed by atoms with Crippen LogP contribution in [0.15, 0.2) is 0 Å². The number of fused-ring (bicyclic) bond motifs is 1. The Hall–Kier alpha value is -0.980. The molecule has 0 aromatic carbocycles. The van der Waals surface area contributed by atoms with Gasteiger partial charge in [-0.25, -0.2) is 10.9 Å². The summed E-state index contributed by atoms with van der Waals surface area (Å²) in [6.07, 6.45) is 1.56. The van der Waals surface area contributed by atoms with Gasteiger partial charge in [0.15, 0.2) is 0 Å². The monoisotopic (exact) mass is 556 g/mol. The van der Waals surface area contributed by atoms with Crippen LogP contribution in [0.3, 0.4) is 0 Å². The van der Waals surface area contributed by atoms with Gasteiger partial charge in [-0.05, 0) is 71.4 Å². The van der Waals surface area contributed by atoms with Crippen molar-refractivity contribution in [3.8, 4) is 0 Å². The van der Waals surface area contributed by atoms with Crippen molar-refractivity contribution in [3.63, 3.8) is 0 Å². The molecule has 0 aromatic rings. The number of hydrogen-bond acceptors (Lipinski definition) is 7. The molecule has 7 unspecified atom stereocenters. The zero-order chi connectivity index (χ0) is 27.5. The Balaban J connectivity index is 1.17. The molecular weight excluding hydrogens is 509 g/mol. The van der Waals surface area contributed by atoms with Crippen LogP contribution in [0.2, 0.25) is 0 Å². The highest BCUT2D eigenvalue weighted by atomic mass is 19.4. The number of rotatable bonds is 5. The zero-order valence-corrected chi connectivity index (χ0v) is 23.8. The Labute approximate surface area is 230 Å². The van der Waals surface area contributed by atoms with Gasteiger partial charge >= 0.3 is 6.18 Å². The molecule has 6 aliphatic rings. The third-order valence-corrected chi connectivity index (χ3v) is 11.3. The van der Waals surface area contributed by atoms with Crippen molar-refractivity contribution in [3.05, 3.63) is 0 Å². The van der Waals surface area contributed by atoms with E-state index in [1.165, 1.54) is 0 Å². The van der Waals surface area contributed by atoms with Crippen LogP contribution in [0.5, 0.6) is 0 Å². The maximum absolute atomic E-state index is 14.5. The molecule has 222 valence electrons. The van der Waals surface area contributed by atoms with Gasteiger partial charge < -0.3 is 14.5 Å². The molecule has 2 aliphatic carbocycles. The minimum absolute atomic E-state index is 0.00770. The van der Waals surface area contributed by atoms with Crippen LogP contribution in [0.1, 0.15) is 51.9 Å². The van der Waals surface area contributed by atoms with Crippen LogP contribution in [0.25, 0.3) is 0 Å². The van der Waals surface area contributed by atoms with E-state index in [-0.39, 0.29) is 48.6 Å². The number of ether oxygens (including phenoxy) is 1. The van der Waals surface area contributed by atoms with Gasteiger partial charge in [0.05, 0.1) is 32.0 Å². The first-order chi connectivity index (χ1) is 18.6. The molecule has 0 spiro atoms. The molecule has 11 heteroatoms. The zero-order valence-electron chi connectivity index (χ0n) is 23.8. The molecule has 0 aromatic heterocycles. The number of alkyl halides is 3. The van der Waals surface area contributed by atoms with Crippen molar-refractivity contribution in [2.75, 3.05) is 60.2 Å². The molecule has 4 aliphatic heterocycles. The summed E-state index contributed by atoms with van der Waals surface area (Å²) in [5.74, 6) is -2.10. The van der Waals surface area contributed by atoms with Gasteiger partial charge in [-0.15, -0.1) is 0 Å². The lowest BCUT2D eigenvalue weighted by Crippen LogP contribution is -2.57. The fourth-order valence-electron chi connectivity index (χ4n) is 9.04. The third-order valence-electron chi connectivity index (χ3n) is 11.3. The first kappa shape index (κ1) is 28.2. The van der Waals surface area contributed by atoms with Crippen LogP contribution >= 0.6 is 0 Å². The third kappa shape index (κ3) is 5.25. The Morgan fingerprint density at radius 1 is 1.05 bits per heavy atom.